The molecule has 0 bridgehead atoms. The SMILES string of the molecule is CCC1N=C(Nc2nc(-c3ccccc3C#N)nc3ccccc23)c2cc(F)cc(F)c21. The van der Waals surface area contributed by atoms with Gasteiger partial charge in [-0.3, -0.25) is 4.99 Å². The van der Waals surface area contributed by atoms with Crippen LogP contribution in [0.2, 0.25) is 0 Å². The number of hydrogen-bond acceptors (Lipinski definition) is 5. The van der Waals surface area contributed by atoms with E-state index in [0.717, 1.165) is 11.5 Å². The Bertz CT molecular complexity index is 1440. The number of nitriles is 1. The molecule has 1 aromatic heterocycles. The highest BCUT2D eigenvalue weighted by molar-refractivity contribution is 6.13. The fourth-order valence-corrected chi connectivity index (χ4v) is 3.98. The van der Waals surface area contributed by atoms with Crippen molar-refractivity contribution in [3.63, 3.8) is 0 Å². The van der Waals surface area contributed by atoms with E-state index in [1.54, 1.807) is 18.2 Å². The molecular formula is C25H17F2N5. The van der Waals surface area contributed by atoms with Crippen molar-refractivity contribution in [2.24, 2.45) is 4.99 Å². The highest BCUT2D eigenvalue weighted by Crippen LogP contribution is 2.36. The first-order valence-electron chi connectivity index (χ1n) is 10.2. The van der Waals surface area contributed by atoms with E-state index in [9.17, 15) is 14.0 Å². The third kappa shape index (κ3) is 3.26. The second-order valence-electron chi connectivity index (χ2n) is 7.45. The Labute approximate surface area is 183 Å². The number of halogens is 2. The van der Waals surface area contributed by atoms with E-state index < -0.39 is 17.7 Å². The molecule has 156 valence electrons. The van der Waals surface area contributed by atoms with Crippen molar-refractivity contribution in [3.05, 3.63) is 89.0 Å². The topological polar surface area (TPSA) is 74.0 Å². The fraction of sp³-hybridized carbons (Fsp3) is 0.120. The lowest BCUT2D eigenvalue weighted by molar-refractivity contribution is 0.556. The molecule has 5 rings (SSSR count). The predicted molar refractivity (Wildman–Crippen MR) is 119 cm³/mol. The highest BCUT2D eigenvalue weighted by atomic mass is 19.1. The van der Waals surface area contributed by atoms with E-state index in [-0.39, 0.29) is 0 Å². The van der Waals surface area contributed by atoms with Crippen LogP contribution in [0.3, 0.4) is 0 Å². The molecule has 1 N–H and O–H groups in total. The molecule has 1 aliphatic heterocycles. The van der Waals surface area contributed by atoms with Crippen LogP contribution in [0.4, 0.5) is 14.6 Å². The summed E-state index contributed by atoms with van der Waals surface area (Å²) in [6.07, 6.45) is 0.575. The number of amidine groups is 1. The van der Waals surface area contributed by atoms with Crippen LogP contribution in [-0.4, -0.2) is 15.8 Å². The zero-order valence-electron chi connectivity index (χ0n) is 17.1. The normalized spacial score (nSPS) is 14.7. The standard InChI is InChI=1S/C25H17F2N5/c1-2-20-22-18(11-15(26)12-19(22)27)25(29-20)32-24-17-9-5-6-10-21(17)30-23(31-24)16-8-4-3-7-14(16)13-28/h3-12,20H,2H2,1H3,(H,29,30,31,32). The van der Waals surface area contributed by atoms with Crippen LogP contribution in [-0.2, 0) is 0 Å². The lowest BCUT2D eigenvalue weighted by Gasteiger charge is -2.12. The minimum Gasteiger partial charge on any atom is -0.324 e. The van der Waals surface area contributed by atoms with Crippen LogP contribution in [0.1, 0.15) is 36.1 Å². The Balaban J connectivity index is 1.67. The van der Waals surface area contributed by atoms with Crippen molar-refractivity contribution in [2.45, 2.75) is 19.4 Å². The van der Waals surface area contributed by atoms with Gasteiger partial charge in [0.2, 0.25) is 0 Å². The average Bonchev–Trinajstić information content (AvgIpc) is 3.16. The minimum absolute atomic E-state index is 0.355. The number of benzene rings is 3. The molecule has 1 aliphatic rings. The third-order valence-corrected chi connectivity index (χ3v) is 5.48. The van der Waals surface area contributed by atoms with Crippen molar-refractivity contribution < 1.29 is 8.78 Å². The van der Waals surface area contributed by atoms with Gasteiger partial charge in [-0.1, -0.05) is 31.2 Å². The van der Waals surface area contributed by atoms with Crippen molar-refractivity contribution in [2.75, 3.05) is 5.32 Å². The van der Waals surface area contributed by atoms with Crippen molar-refractivity contribution >= 4 is 22.6 Å². The monoisotopic (exact) mass is 425 g/mol. The Morgan fingerprint density at radius 1 is 1.00 bits per heavy atom. The number of nitrogens with one attached hydrogen (secondary N) is 1. The van der Waals surface area contributed by atoms with Gasteiger partial charge in [0.25, 0.3) is 0 Å². The van der Waals surface area contributed by atoms with E-state index in [1.165, 1.54) is 6.07 Å². The number of aromatic nitrogens is 2. The van der Waals surface area contributed by atoms with Gasteiger partial charge in [0.15, 0.2) is 5.82 Å². The summed E-state index contributed by atoms with van der Waals surface area (Å²) < 4.78 is 28.5. The zero-order valence-corrected chi connectivity index (χ0v) is 17.1. The summed E-state index contributed by atoms with van der Waals surface area (Å²) in [4.78, 5) is 13.9. The molecule has 0 saturated carbocycles. The van der Waals surface area contributed by atoms with Gasteiger partial charge in [0, 0.05) is 28.1 Å². The maximum absolute atomic E-state index is 14.5. The van der Waals surface area contributed by atoms with E-state index >= 15 is 0 Å². The Hall–Kier alpha value is -4.18. The van der Waals surface area contributed by atoms with Gasteiger partial charge < -0.3 is 5.32 Å². The molecule has 1 atom stereocenters. The molecule has 4 aromatic rings. The van der Waals surface area contributed by atoms with E-state index in [0.29, 0.717) is 51.7 Å². The first-order chi connectivity index (χ1) is 15.6. The number of anilines is 1. The number of rotatable bonds is 3. The highest BCUT2D eigenvalue weighted by Gasteiger charge is 2.29. The predicted octanol–water partition coefficient (Wildman–Crippen LogP) is 5.77. The van der Waals surface area contributed by atoms with E-state index in [1.807, 2.05) is 37.3 Å². The van der Waals surface area contributed by atoms with Gasteiger partial charge >= 0.3 is 0 Å². The summed E-state index contributed by atoms with van der Waals surface area (Å²) in [6.45, 7) is 1.90. The molecule has 0 spiro atoms. The number of nitrogens with zero attached hydrogens (tertiary/aromatic N) is 4. The summed E-state index contributed by atoms with van der Waals surface area (Å²) in [6, 6.07) is 18.4. The molecule has 7 heteroatoms. The summed E-state index contributed by atoms with van der Waals surface area (Å²) in [7, 11) is 0. The number of hydrogen-bond donors (Lipinski definition) is 1. The third-order valence-electron chi connectivity index (χ3n) is 5.48. The maximum atomic E-state index is 14.5. The van der Waals surface area contributed by atoms with Crippen LogP contribution in [0.15, 0.2) is 65.7 Å². The Morgan fingerprint density at radius 3 is 2.59 bits per heavy atom. The van der Waals surface area contributed by atoms with Crippen molar-refractivity contribution in [1.82, 2.24) is 9.97 Å². The van der Waals surface area contributed by atoms with Gasteiger partial charge in [-0.25, -0.2) is 18.7 Å². The quantitative estimate of drug-likeness (QED) is 0.452. The zero-order chi connectivity index (χ0) is 22.2. The second kappa shape index (κ2) is 7.82. The van der Waals surface area contributed by atoms with Gasteiger partial charge in [-0.2, -0.15) is 5.26 Å². The summed E-state index contributed by atoms with van der Waals surface area (Å²) in [5.41, 5.74) is 2.48. The lowest BCUT2D eigenvalue weighted by atomic mass is 10.0. The van der Waals surface area contributed by atoms with Crippen molar-refractivity contribution in [1.29, 1.82) is 5.26 Å². The molecule has 0 aliphatic carbocycles. The van der Waals surface area contributed by atoms with Crippen LogP contribution < -0.4 is 5.32 Å². The first kappa shape index (κ1) is 19.8. The molecule has 5 nitrogen and oxygen atoms in total. The van der Waals surface area contributed by atoms with Crippen LogP contribution in [0.25, 0.3) is 22.3 Å². The van der Waals surface area contributed by atoms with E-state index in [2.05, 4.69) is 26.3 Å². The van der Waals surface area contributed by atoms with Crippen LogP contribution in [0, 0.1) is 23.0 Å². The molecule has 0 saturated heterocycles. The number of para-hydroxylation sites is 1. The average molecular weight is 425 g/mol. The van der Waals surface area contributed by atoms with Gasteiger partial charge in [0.1, 0.15) is 23.3 Å². The van der Waals surface area contributed by atoms with Crippen LogP contribution in [0.5, 0.6) is 0 Å². The van der Waals surface area contributed by atoms with Crippen LogP contribution >= 0.6 is 0 Å². The molecule has 1 unspecified atom stereocenters. The molecule has 3 aromatic carbocycles. The maximum Gasteiger partial charge on any atom is 0.163 e. The smallest absolute Gasteiger partial charge is 0.163 e. The van der Waals surface area contributed by atoms with E-state index in [4.69, 9.17) is 0 Å². The molecule has 2 heterocycles. The van der Waals surface area contributed by atoms with Gasteiger partial charge in [-0.15, -0.1) is 0 Å². The summed E-state index contributed by atoms with van der Waals surface area (Å²) in [5.74, 6) is -0.0926. The molecule has 0 fully saturated rings. The lowest BCUT2D eigenvalue weighted by Crippen LogP contribution is -2.14. The fourth-order valence-electron chi connectivity index (χ4n) is 3.98. The Kier molecular flexibility index (Phi) is 4.83. The largest absolute Gasteiger partial charge is 0.324 e. The molecule has 0 amide bonds. The summed E-state index contributed by atoms with van der Waals surface area (Å²) >= 11 is 0. The second-order valence-corrected chi connectivity index (χ2v) is 7.45. The van der Waals surface area contributed by atoms with Crippen molar-refractivity contribution in [3.8, 4) is 17.5 Å². The Morgan fingerprint density at radius 2 is 1.78 bits per heavy atom. The first-order valence-corrected chi connectivity index (χ1v) is 10.2. The molecule has 32 heavy (non-hydrogen) atoms. The summed E-state index contributed by atoms with van der Waals surface area (Å²) in [5, 5.41) is 13.4. The molecular weight excluding hydrogens is 408 g/mol. The number of aliphatic imine (C=N–C) groups is 1. The molecule has 0 radical (unpaired) electrons. The minimum atomic E-state index is -0.663. The number of fused-ring (bicyclic) bond motifs is 2. The van der Waals surface area contributed by atoms with Gasteiger partial charge in [0.05, 0.1) is 23.2 Å². The van der Waals surface area contributed by atoms with Gasteiger partial charge in [-0.05, 0) is 36.8 Å².